The molecular formula is C14H20N4O2S. The summed E-state index contributed by atoms with van der Waals surface area (Å²) in [5.41, 5.74) is 1.92. The van der Waals surface area contributed by atoms with Crippen LogP contribution in [-0.2, 0) is 30.0 Å². The van der Waals surface area contributed by atoms with Crippen LogP contribution in [0.1, 0.15) is 11.3 Å². The van der Waals surface area contributed by atoms with Gasteiger partial charge < -0.3 is 5.32 Å². The lowest BCUT2D eigenvalue weighted by molar-refractivity contribution is 0.579. The van der Waals surface area contributed by atoms with Crippen molar-refractivity contribution in [2.24, 2.45) is 7.05 Å². The van der Waals surface area contributed by atoms with E-state index in [1.165, 1.54) is 0 Å². The van der Waals surface area contributed by atoms with Crippen LogP contribution >= 0.6 is 0 Å². The number of sulfonamides is 1. The summed E-state index contributed by atoms with van der Waals surface area (Å²) < 4.78 is 28.9. The van der Waals surface area contributed by atoms with Gasteiger partial charge in [0.2, 0.25) is 10.0 Å². The largest absolute Gasteiger partial charge is 0.316 e. The molecule has 0 fully saturated rings. The molecular weight excluding hydrogens is 288 g/mol. The molecule has 0 amide bonds. The van der Waals surface area contributed by atoms with Crippen LogP contribution in [0, 0.1) is 0 Å². The third-order valence-corrected chi connectivity index (χ3v) is 4.64. The molecule has 0 bridgehead atoms. The van der Waals surface area contributed by atoms with Crippen molar-refractivity contribution in [3.8, 4) is 0 Å². The van der Waals surface area contributed by atoms with Crippen LogP contribution in [0.15, 0.2) is 41.4 Å². The SMILES string of the molecule is CNCc1cccc(S(=O)(=O)NCCc2ccnn2C)c1. The van der Waals surface area contributed by atoms with Crippen LogP contribution < -0.4 is 10.0 Å². The number of nitrogens with one attached hydrogen (secondary N) is 2. The van der Waals surface area contributed by atoms with Crippen molar-refractivity contribution < 1.29 is 8.42 Å². The van der Waals surface area contributed by atoms with Crippen LogP contribution in [0.5, 0.6) is 0 Å². The van der Waals surface area contributed by atoms with Crippen molar-refractivity contribution in [3.63, 3.8) is 0 Å². The highest BCUT2D eigenvalue weighted by Crippen LogP contribution is 2.11. The Bertz CT molecular complexity index is 695. The van der Waals surface area contributed by atoms with Crippen molar-refractivity contribution in [1.82, 2.24) is 19.8 Å². The van der Waals surface area contributed by atoms with E-state index in [9.17, 15) is 8.42 Å². The van der Waals surface area contributed by atoms with Crippen molar-refractivity contribution in [2.45, 2.75) is 17.9 Å². The quantitative estimate of drug-likeness (QED) is 0.788. The van der Waals surface area contributed by atoms with E-state index in [1.54, 1.807) is 29.1 Å². The minimum atomic E-state index is -3.47. The predicted octanol–water partition coefficient (Wildman–Crippen LogP) is 0.660. The Balaban J connectivity index is 2.01. The van der Waals surface area contributed by atoms with E-state index < -0.39 is 10.0 Å². The molecule has 1 aromatic carbocycles. The Labute approximate surface area is 125 Å². The number of rotatable bonds is 7. The van der Waals surface area contributed by atoms with Gasteiger partial charge >= 0.3 is 0 Å². The number of hydrogen-bond acceptors (Lipinski definition) is 4. The first-order chi connectivity index (χ1) is 10.0. The zero-order chi connectivity index (χ0) is 15.3. The average molecular weight is 308 g/mol. The molecule has 0 aliphatic heterocycles. The standard InChI is InChI=1S/C14H20N4O2S/c1-15-11-12-4-3-5-14(10-12)21(19,20)17-9-7-13-6-8-16-18(13)2/h3-6,8,10,15,17H,7,9,11H2,1-2H3. The molecule has 0 radical (unpaired) electrons. The smallest absolute Gasteiger partial charge is 0.240 e. The average Bonchev–Trinajstić information content (AvgIpc) is 2.85. The number of hydrogen-bond donors (Lipinski definition) is 2. The molecule has 1 aromatic heterocycles. The first-order valence-electron chi connectivity index (χ1n) is 6.73. The van der Waals surface area contributed by atoms with Crippen molar-refractivity contribution in [2.75, 3.05) is 13.6 Å². The molecule has 0 aliphatic carbocycles. The van der Waals surface area contributed by atoms with E-state index in [4.69, 9.17) is 0 Å². The molecule has 0 unspecified atom stereocenters. The topological polar surface area (TPSA) is 76.0 Å². The van der Waals surface area contributed by atoms with Gasteiger partial charge in [0.25, 0.3) is 0 Å². The summed E-state index contributed by atoms with van der Waals surface area (Å²) >= 11 is 0. The molecule has 7 heteroatoms. The van der Waals surface area contributed by atoms with E-state index >= 15 is 0 Å². The number of aryl methyl sites for hydroxylation is 1. The first-order valence-corrected chi connectivity index (χ1v) is 8.21. The Morgan fingerprint density at radius 2 is 2.10 bits per heavy atom. The predicted molar refractivity (Wildman–Crippen MR) is 81.3 cm³/mol. The summed E-state index contributed by atoms with van der Waals surface area (Å²) in [6.07, 6.45) is 2.30. The zero-order valence-electron chi connectivity index (χ0n) is 12.2. The van der Waals surface area contributed by atoms with E-state index in [-0.39, 0.29) is 0 Å². The van der Waals surface area contributed by atoms with E-state index in [0.717, 1.165) is 11.3 Å². The summed E-state index contributed by atoms with van der Waals surface area (Å²) in [4.78, 5) is 0.292. The van der Waals surface area contributed by atoms with Gasteiger partial charge in [-0.25, -0.2) is 13.1 Å². The molecule has 0 aliphatic rings. The van der Waals surface area contributed by atoms with Gasteiger partial charge in [-0.05, 0) is 30.8 Å². The fraction of sp³-hybridized carbons (Fsp3) is 0.357. The summed E-state index contributed by atoms with van der Waals surface area (Å²) in [7, 11) is 0.190. The van der Waals surface area contributed by atoms with Gasteiger partial charge in [-0.3, -0.25) is 4.68 Å². The second kappa shape index (κ2) is 6.84. The van der Waals surface area contributed by atoms with Crippen LogP contribution in [0.25, 0.3) is 0 Å². The van der Waals surface area contributed by atoms with Gasteiger partial charge in [0.05, 0.1) is 4.90 Å². The third-order valence-electron chi connectivity index (χ3n) is 3.19. The summed E-state index contributed by atoms with van der Waals surface area (Å²) in [5, 5.41) is 7.06. The molecule has 0 spiro atoms. The van der Waals surface area contributed by atoms with Gasteiger partial charge in [0.1, 0.15) is 0 Å². The molecule has 1 heterocycles. The summed E-state index contributed by atoms with van der Waals surface area (Å²) in [6.45, 7) is 0.983. The minimum Gasteiger partial charge on any atom is -0.316 e. The highest BCUT2D eigenvalue weighted by molar-refractivity contribution is 7.89. The Kier molecular flexibility index (Phi) is 5.11. The maximum absolute atomic E-state index is 12.2. The van der Waals surface area contributed by atoms with E-state index in [2.05, 4.69) is 15.1 Å². The summed E-state index contributed by atoms with van der Waals surface area (Å²) in [5.74, 6) is 0. The first kappa shape index (κ1) is 15.7. The lowest BCUT2D eigenvalue weighted by atomic mass is 10.2. The summed E-state index contributed by atoms with van der Waals surface area (Å²) in [6, 6.07) is 8.81. The van der Waals surface area contributed by atoms with Gasteiger partial charge in [-0.15, -0.1) is 0 Å². The Hall–Kier alpha value is -1.70. The molecule has 2 aromatic rings. The maximum Gasteiger partial charge on any atom is 0.240 e. The molecule has 2 N–H and O–H groups in total. The van der Waals surface area contributed by atoms with Crippen molar-refractivity contribution >= 4 is 10.0 Å². The minimum absolute atomic E-state index is 0.292. The van der Waals surface area contributed by atoms with Gasteiger partial charge in [0, 0.05) is 38.4 Å². The van der Waals surface area contributed by atoms with Crippen LogP contribution in [-0.4, -0.2) is 31.8 Å². The Morgan fingerprint density at radius 3 is 2.76 bits per heavy atom. The monoisotopic (exact) mass is 308 g/mol. The molecule has 114 valence electrons. The van der Waals surface area contributed by atoms with E-state index in [1.807, 2.05) is 26.2 Å². The zero-order valence-corrected chi connectivity index (χ0v) is 13.0. The lowest BCUT2D eigenvalue weighted by Gasteiger charge is -2.08. The van der Waals surface area contributed by atoms with Crippen LogP contribution in [0.3, 0.4) is 0 Å². The second-order valence-corrected chi connectivity index (χ2v) is 6.54. The fourth-order valence-corrected chi connectivity index (χ4v) is 3.17. The third kappa shape index (κ3) is 4.13. The van der Waals surface area contributed by atoms with Crippen LogP contribution in [0.4, 0.5) is 0 Å². The van der Waals surface area contributed by atoms with Crippen molar-refractivity contribution in [3.05, 3.63) is 47.8 Å². The number of benzene rings is 1. The molecule has 0 saturated carbocycles. The van der Waals surface area contributed by atoms with Gasteiger partial charge in [-0.1, -0.05) is 12.1 Å². The molecule has 0 atom stereocenters. The highest BCUT2D eigenvalue weighted by Gasteiger charge is 2.14. The fourth-order valence-electron chi connectivity index (χ4n) is 2.07. The van der Waals surface area contributed by atoms with Gasteiger partial charge in [-0.2, -0.15) is 5.10 Å². The highest BCUT2D eigenvalue weighted by atomic mass is 32.2. The lowest BCUT2D eigenvalue weighted by Crippen LogP contribution is -2.26. The molecule has 21 heavy (non-hydrogen) atoms. The second-order valence-electron chi connectivity index (χ2n) is 4.77. The molecule has 0 saturated heterocycles. The normalized spacial score (nSPS) is 11.7. The van der Waals surface area contributed by atoms with Crippen molar-refractivity contribution in [1.29, 1.82) is 0 Å². The number of nitrogens with zero attached hydrogens (tertiary/aromatic N) is 2. The maximum atomic E-state index is 12.2. The molecule has 6 nitrogen and oxygen atoms in total. The molecule has 2 rings (SSSR count). The van der Waals surface area contributed by atoms with Crippen LogP contribution in [0.2, 0.25) is 0 Å². The number of aromatic nitrogens is 2. The Morgan fingerprint density at radius 1 is 1.29 bits per heavy atom. The van der Waals surface area contributed by atoms with E-state index in [0.29, 0.717) is 24.4 Å². The van der Waals surface area contributed by atoms with Gasteiger partial charge in [0.15, 0.2) is 0 Å².